The highest BCUT2D eigenvalue weighted by molar-refractivity contribution is 5.94. The maximum atomic E-state index is 13.1. The Balaban J connectivity index is 1.58. The number of fused-ring (bicyclic) bond motifs is 1. The molecule has 168 valence electrons. The largest absolute Gasteiger partial charge is 0.349 e. The topological polar surface area (TPSA) is 81.4 Å². The van der Waals surface area contributed by atoms with Crippen LogP contribution in [0.3, 0.4) is 0 Å². The number of hydrogen-bond donors (Lipinski definition) is 1. The van der Waals surface area contributed by atoms with Crippen LogP contribution in [-0.4, -0.2) is 59.9 Å². The van der Waals surface area contributed by atoms with E-state index in [-0.39, 0.29) is 24.3 Å². The second-order valence-corrected chi connectivity index (χ2v) is 8.99. The number of carbonyl (C=O) groups excluding carboxylic acids is 2. The molecule has 1 aliphatic heterocycles. The van der Waals surface area contributed by atoms with Crippen LogP contribution < -0.4 is 5.32 Å². The number of para-hydroxylation sites is 1. The van der Waals surface area contributed by atoms with Crippen molar-refractivity contribution in [3.63, 3.8) is 0 Å². The lowest BCUT2D eigenvalue weighted by Crippen LogP contribution is -2.45. The van der Waals surface area contributed by atoms with E-state index in [1.807, 2.05) is 35.2 Å². The summed E-state index contributed by atoms with van der Waals surface area (Å²) in [5, 5.41) is 13.0. The van der Waals surface area contributed by atoms with Gasteiger partial charge in [-0.2, -0.15) is 5.26 Å². The van der Waals surface area contributed by atoms with E-state index >= 15 is 0 Å². The van der Waals surface area contributed by atoms with Crippen molar-refractivity contribution in [2.45, 2.75) is 38.5 Å². The van der Waals surface area contributed by atoms with Crippen molar-refractivity contribution >= 4 is 17.6 Å². The van der Waals surface area contributed by atoms with E-state index in [4.69, 9.17) is 0 Å². The molecule has 32 heavy (non-hydrogen) atoms. The number of piperidine rings is 1. The molecule has 2 aromatic rings. The number of aromatic nitrogens is 1. The van der Waals surface area contributed by atoms with Crippen LogP contribution in [0.1, 0.15) is 42.5 Å². The standard InChI is InChI=1S/C25H31N5O2/c1-28(2)25(32)18-9-8-14-29(16-18)17-23(31)27-24-21(15-26)20-12-6-7-13-22(20)30(24)19-10-4-3-5-11-19/h3-5,10-11,18H,6-9,12-14,16-17H2,1-2H3,(H,27,31). The van der Waals surface area contributed by atoms with Crippen LogP contribution >= 0.6 is 0 Å². The SMILES string of the molecule is CN(C)C(=O)C1CCCN(CC(=O)Nc2c(C#N)c3c(n2-c2ccccc2)CCCC3)C1. The maximum absolute atomic E-state index is 13.1. The van der Waals surface area contributed by atoms with Gasteiger partial charge in [-0.05, 0) is 62.8 Å². The summed E-state index contributed by atoms with van der Waals surface area (Å²) >= 11 is 0. The van der Waals surface area contributed by atoms with Gasteiger partial charge in [-0.15, -0.1) is 0 Å². The molecule has 0 bridgehead atoms. The molecular weight excluding hydrogens is 402 g/mol. The number of anilines is 1. The summed E-state index contributed by atoms with van der Waals surface area (Å²) in [6.07, 6.45) is 5.66. The summed E-state index contributed by atoms with van der Waals surface area (Å²) in [7, 11) is 3.55. The Morgan fingerprint density at radius 3 is 2.62 bits per heavy atom. The van der Waals surface area contributed by atoms with Gasteiger partial charge >= 0.3 is 0 Å². The number of amides is 2. The second kappa shape index (κ2) is 9.58. The van der Waals surface area contributed by atoms with Gasteiger partial charge in [0.2, 0.25) is 11.8 Å². The number of hydrogen-bond acceptors (Lipinski definition) is 4. The van der Waals surface area contributed by atoms with Gasteiger partial charge in [0, 0.05) is 32.0 Å². The van der Waals surface area contributed by atoms with Gasteiger partial charge < -0.3 is 10.2 Å². The Labute approximate surface area is 189 Å². The van der Waals surface area contributed by atoms with Crippen molar-refractivity contribution in [1.82, 2.24) is 14.4 Å². The summed E-state index contributed by atoms with van der Waals surface area (Å²) < 4.78 is 2.06. The van der Waals surface area contributed by atoms with Gasteiger partial charge in [0.1, 0.15) is 11.9 Å². The predicted molar refractivity (Wildman–Crippen MR) is 124 cm³/mol. The van der Waals surface area contributed by atoms with Crippen LogP contribution in [-0.2, 0) is 22.4 Å². The quantitative estimate of drug-likeness (QED) is 0.786. The Morgan fingerprint density at radius 1 is 1.16 bits per heavy atom. The fraction of sp³-hybridized carbons (Fsp3) is 0.480. The summed E-state index contributed by atoms with van der Waals surface area (Å²) in [5.41, 5.74) is 3.73. The zero-order valence-corrected chi connectivity index (χ0v) is 18.9. The third kappa shape index (κ3) is 4.42. The lowest BCUT2D eigenvalue weighted by Gasteiger charge is -2.32. The highest BCUT2D eigenvalue weighted by Gasteiger charge is 2.30. The van der Waals surface area contributed by atoms with E-state index in [1.165, 1.54) is 0 Å². The predicted octanol–water partition coefficient (Wildman–Crippen LogP) is 2.97. The number of carbonyl (C=O) groups is 2. The maximum Gasteiger partial charge on any atom is 0.239 e. The number of likely N-dealkylation sites (tertiary alicyclic amines) is 1. The molecule has 1 fully saturated rings. The summed E-state index contributed by atoms with van der Waals surface area (Å²) in [6, 6.07) is 12.3. The van der Waals surface area contributed by atoms with Gasteiger partial charge in [0.25, 0.3) is 0 Å². The molecule has 2 aliphatic rings. The molecule has 1 N–H and O–H groups in total. The van der Waals surface area contributed by atoms with Crippen LogP contribution in [0.4, 0.5) is 5.82 Å². The smallest absolute Gasteiger partial charge is 0.239 e. The highest BCUT2D eigenvalue weighted by Crippen LogP contribution is 2.35. The minimum atomic E-state index is -0.147. The minimum absolute atomic E-state index is 0.0679. The Kier molecular flexibility index (Phi) is 6.61. The third-order valence-electron chi connectivity index (χ3n) is 6.52. The fourth-order valence-electron chi connectivity index (χ4n) is 5.04. The van der Waals surface area contributed by atoms with Crippen molar-refractivity contribution < 1.29 is 9.59 Å². The first-order valence-electron chi connectivity index (χ1n) is 11.4. The Hall–Kier alpha value is -3.11. The summed E-state index contributed by atoms with van der Waals surface area (Å²) in [6.45, 7) is 1.60. The van der Waals surface area contributed by atoms with Gasteiger partial charge in [0.15, 0.2) is 0 Å². The van der Waals surface area contributed by atoms with Crippen molar-refractivity contribution in [2.75, 3.05) is 39.0 Å². The molecule has 1 aromatic carbocycles. The lowest BCUT2D eigenvalue weighted by atomic mass is 9.95. The van der Waals surface area contributed by atoms with Gasteiger partial charge in [-0.3, -0.25) is 19.1 Å². The van der Waals surface area contributed by atoms with E-state index in [1.54, 1.807) is 19.0 Å². The van der Waals surface area contributed by atoms with Crippen molar-refractivity contribution in [2.24, 2.45) is 5.92 Å². The molecule has 1 saturated heterocycles. The van der Waals surface area contributed by atoms with Gasteiger partial charge in [-0.25, -0.2) is 0 Å². The fourth-order valence-corrected chi connectivity index (χ4v) is 5.04. The molecule has 7 heteroatoms. The Morgan fingerprint density at radius 2 is 1.91 bits per heavy atom. The van der Waals surface area contributed by atoms with Crippen LogP contribution in [0.15, 0.2) is 30.3 Å². The number of nitrogens with one attached hydrogen (secondary N) is 1. The average molecular weight is 434 g/mol. The number of nitrogens with zero attached hydrogens (tertiary/aromatic N) is 4. The van der Waals surface area contributed by atoms with E-state index in [0.717, 1.165) is 62.0 Å². The number of nitriles is 1. The molecule has 1 aromatic heterocycles. The lowest BCUT2D eigenvalue weighted by molar-refractivity contribution is -0.135. The monoisotopic (exact) mass is 433 g/mol. The normalized spacial score (nSPS) is 18.5. The van der Waals surface area contributed by atoms with E-state index in [9.17, 15) is 14.9 Å². The average Bonchev–Trinajstić information content (AvgIpc) is 3.11. The van der Waals surface area contributed by atoms with Crippen LogP contribution in [0.25, 0.3) is 5.69 Å². The Bertz CT molecular complexity index is 1030. The van der Waals surface area contributed by atoms with Gasteiger partial charge in [-0.1, -0.05) is 18.2 Å². The minimum Gasteiger partial charge on any atom is -0.349 e. The zero-order chi connectivity index (χ0) is 22.7. The number of benzene rings is 1. The number of rotatable bonds is 5. The molecule has 1 aliphatic carbocycles. The van der Waals surface area contributed by atoms with Crippen LogP contribution in [0, 0.1) is 17.2 Å². The highest BCUT2D eigenvalue weighted by atomic mass is 16.2. The molecule has 0 spiro atoms. The van der Waals surface area contributed by atoms with E-state index in [0.29, 0.717) is 17.9 Å². The van der Waals surface area contributed by atoms with Crippen LogP contribution in [0.2, 0.25) is 0 Å². The second-order valence-electron chi connectivity index (χ2n) is 8.99. The third-order valence-corrected chi connectivity index (χ3v) is 6.52. The molecule has 2 amide bonds. The van der Waals surface area contributed by atoms with E-state index in [2.05, 4.69) is 16.0 Å². The van der Waals surface area contributed by atoms with Gasteiger partial charge in [0.05, 0.1) is 18.0 Å². The molecule has 0 radical (unpaired) electrons. The molecule has 7 nitrogen and oxygen atoms in total. The zero-order valence-electron chi connectivity index (χ0n) is 18.9. The van der Waals surface area contributed by atoms with Crippen LogP contribution in [0.5, 0.6) is 0 Å². The molecule has 2 heterocycles. The van der Waals surface area contributed by atoms with Crippen molar-refractivity contribution in [3.05, 3.63) is 47.2 Å². The van der Waals surface area contributed by atoms with Crippen molar-refractivity contribution in [3.8, 4) is 11.8 Å². The summed E-state index contributed by atoms with van der Waals surface area (Å²) in [4.78, 5) is 29.1. The first-order valence-corrected chi connectivity index (χ1v) is 11.4. The molecule has 4 rings (SSSR count). The summed E-state index contributed by atoms with van der Waals surface area (Å²) in [5.74, 6) is 0.481. The molecule has 1 atom stereocenters. The molecular formula is C25H31N5O2. The van der Waals surface area contributed by atoms with E-state index < -0.39 is 0 Å². The molecule has 0 saturated carbocycles. The first-order chi connectivity index (χ1) is 15.5. The molecule has 1 unspecified atom stereocenters. The first kappa shape index (κ1) is 22.1. The van der Waals surface area contributed by atoms with Crippen molar-refractivity contribution in [1.29, 1.82) is 5.26 Å².